The second-order valence-electron chi connectivity index (χ2n) is 3.28. The molecule has 1 aromatic carbocycles. The SMILES string of the molecule is O=CNc1ccc(NC2=NCCN2)cc1O. The van der Waals surface area contributed by atoms with Gasteiger partial charge in [0.1, 0.15) is 5.75 Å². The summed E-state index contributed by atoms with van der Waals surface area (Å²) in [6.07, 6.45) is 0.519. The van der Waals surface area contributed by atoms with Crippen molar-refractivity contribution < 1.29 is 9.90 Å². The summed E-state index contributed by atoms with van der Waals surface area (Å²) in [5.74, 6) is 0.700. The number of carbonyl (C=O) groups excluding carboxylic acids is 1. The Labute approximate surface area is 92.4 Å². The van der Waals surface area contributed by atoms with E-state index in [4.69, 9.17) is 0 Å². The molecule has 1 aromatic rings. The molecular weight excluding hydrogens is 208 g/mol. The van der Waals surface area contributed by atoms with Crippen LogP contribution in [0.3, 0.4) is 0 Å². The minimum absolute atomic E-state index is 0.00990. The normalized spacial score (nSPS) is 13.9. The van der Waals surface area contributed by atoms with Crippen molar-refractivity contribution in [3.05, 3.63) is 18.2 Å². The summed E-state index contributed by atoms with van der Waals surface area (Å²) in [6, 6.07) is 4.88. The maximum absolute atomic E-state index is 10.2. The van der Waals surface area contributed by atoms with Crippen LogP contribution in [-0.2, 0) is 4.79 Å². The number of phenols is 1. The van der Waals surface area contributed by atoms with Crippen molar-refractivity contribution in [3.63, 3.8) is 0 Å². The largest absolute Gasteiger partial charge is 0.506 e. The van der Waals surface area contributed by atoms with Gasteiger partial charge < -0.3 is 21.1 Å². The first-order valence-electron chi connectivity index (χ1n) is 4.88. The Morgan fingerprint density at radius 1 is 1.50 bits per heavy atom. The van der Waals surface area contributed by atoms with Gasteiger partial charge >= 0.3 is 0 Å². The number of carbonyl (C=O) groups is 1. The second kappa shape index (κ2) is 4.52. The molecule has 16 heavy (non-hydrogen) atoms. The zero-order chi connectivity index (χ0) is 11.4. The number of aromatic hydroxyl groups is 1. The van der Waals surface area contributed by atoms with Gasteiger partial charge in [-0.25, -0.2) is 0 Å². The minimum atomic E-state index is 0.00990. The van der Waals surface area contributed by atoms with Crippen LogP contribution in [0, 0.1) is 0 Å². The molecule has 0 atom stereocenters. The van der Waals surface area contributed by atoms with E-state index in [9.17, 15) is 9.90 Å². The number of anilines is 2. The van der Waals surface area contributed by atoms with Crippen LogP contribution in [0.25, 0.3) is 0 Å². The predicted octanol–water partition coefficient (Wildman–Crippen LogP) is 0.332. The van der Waals surface area contributed by atoms with Gasteiger partial charge in [-0.05, 0) is 12.1 Å². The minimum Gasteiger partial charge on any atom is -0.506 e. The number of aliphatic imine (C=N–C) groups is 1. The number of benzene rings is 1. The van der Waals surface area contributed by atoms with Crippen LogP contribution in [0.5, 0.6) is 5.75 Å². The summed E-state index contributed by atoms with van der Waals surface area (Å²) in [5, 5.41) is 18.0. The predicted molar refractivity (Wildman–Crippen MR) is 61.7 cm³/mol. The maximum Gasteiger partial charge on any atom is 0.211 e. The average molecular weight is 220 g/mol. The fourth-order valence-electron chi connectivity index (χ4n) is 1.41. The molecule has 84 valence electrons. The van der Waals surface area contributed by atoms with E-state index in [-0.39, 0.29) is 5.75 Å². The van der Waals surface area contributed by atoms with Gasteiger partial charge in [-0.2, -0.15) is 0 Å². The Hall–Kier alpha value is -2.24. The number of hydrogen-bond acceptors (Lipinski definition) is 5. The van der Waals surface area contributed by atoms with Crippen LogP contribution in [0.2, 0.25) is 0 Å². The van der Waals surface area contributed by atoms with Crippen LogP contribution in [0.4, 0.5) is 11.4 Å². The molecule has 0 fully saturated rings. The van der Waals surface area contributed by atoms with Gasteiger partial charge in [-0.15, -0.1) is 0 Å². The Kier molecular flexibility index (Phi) is 2.90. The fraction of sp³-hybridized carbons (Fsp3) is 0.200. The van der Waals surface area contributed by atoms with Gasteiger partial charge in [-0.3, -0.25) is 9.79 Å². The lowest BCUT2D eigenvalue weighted by atomic mass is 10.2. The van der Waals surface area contributed by atoms with Crippen molar-refractivity contribution in [2.75, 3.05) is 23.7 Å². The average Bonchev–Trinajstić information content (AvgIpc) is 2.75. The standard InChI is InChI=1S/C10H12N4O2/c15-6-13-8-2-1-7(5-9(8)16)14-10-11-3-4-12-10/h1-2,5-6,16H,3-4H2,(H,13,15)(H2,11,12,14). The molecule has 2 rings (SSSR count). The first-order chi connectivity index (χ1) is 7.79. The number of guanidine groups is 1. The van der Waals surface area contributed by atoms with E-state index in [1.165, 1.54) is 6.07 Å². The first-order valence-corrected chi connectivity index (χ1v) is 4.88. The van der Waals surface area contributed by atoms with E-state index in [2.05, 4.69) is 20.9 Å². The van der Waals surface area contributed by atoms with Crippen LogP contribution in [-0.4, -0.2) is 30.6 Å². The molecule has 1 heterocycles. The van der Waals surface area contributed by atoms with Crippen LogP contribution in [0.15, 0.2) is 23.2 Å². The second-order valence-corrected chi connectivity index (χ2v) is 3.28. The van der Waals surface area contributed by atoms with Crippen molar-refractivity contribution >= 4 is 23.7 Å². The molecule has 6 heteroatoms. The summed E-state index contributed by atoms with van der Waals surface area (Å²) in [4.78, 5) is 14.4. The van der Waals surface area contributed by atoms with E-state index in [0.29, 0.717) is 23.7 Å². The van der Waals surface area contributed by atoms with Crippen molar-refractivity contribution in [1.29, 1.82) is 0 Å². The molecule has 1 amide bonds. The lowest BCUT2D eigenvalue weighted by Crippen LogP contribution is -2.26. The number of hydrogen-bond donors (Lipinski definition) is 4. The van der Waals surface area contributed by atoms with Crippen molar-refractivity contribution in [3.8, 4) is 5.75 Å². The molecule has 0 spiro atoms. The maximum atomic E-state index is 10.2. The Morgan fingerprint density at radius 2 is 2.38 bits per heavy atom. The molecule has 0 saturated heterocycles. The molecule has 0 bridgehead atoms. The third-order valence-corrected chi connectivity index (χ3v) is 2.15. The summed E-state index contributed by atoms with van der Waals surface area (Å²) in [6.45, 7) is 1.57. The van der Waals surface area contributed by atoms with Gasteiger partial charge in [-0.1, -0.05) is 0 Å². The zero-order valence-corrected chi connectivity index (χ0v) is 8.53. The van der Waals surface area contributed by atoms with E-state index >= 15 is 0 Å². The van der Waals surface area contributed by atoms with E-state index in [1.807, 2.05) is 0 Å². The number of nitrogens with one attached hydrogen (secondary N) is 3. The summed E-state index contributed by atoms with van der Waals surface area (Å²) in [7, 11) is 0. The monoisotopic (exact) mass is 220 g/mol. The summed E-state index contributed by atoms with van der Waals surface area (Å²) in [5.41, 5.74) is 1.09. The van der Waals surface area contributed by atoms with Gasteiger partial charge in [0.25, 0.3) is 0 Å². The lowest BCUT2D eigenvalue weighted by Gasteiger charge is -2.08. The van der Waals surface area contributed by atoms with E-state index < -0.39 is 0 Å². The zero-order valence-electron chi connectivity index (χ0n) is 8.53. The highest BCUT2D eigenvalue weighted by Gasteiger charge is 2.06. The van der Waals surface area contributed by atoms with E-state index in [0.717, 1.165) is 13.1 Å². The quantitative estimate of drug-likeness (QED) is 0.437. The first kappa shape index (κ1) is 10.3. The molecule has 4 N–H and O–H groups in total. The summed E-state index contributed by atoms with van der Waals surface area (Å²) < 4.78 is 0. The molecule has 0 aromatic heterocycles. The van der Waals surface area contributed by atoms with Gasteiger partial charge in [0, 0.05) is 18.3 Å². The summed E-state index contributed by atoms with van der Waals surface area (Å²) >= 11 is 0. The molecule has 0 unspecified atom stereocenters. The lowest BCUT2D eigenvalue weighted by molar-refractivity contribution is -0.105. The molecule has 1 aliphatic heterocycles. The topological polar surface area (TPSA) is 85.8 Å². The molecular formula is C10H12N4O2. The highest BCUT2D eigenvalue weighted by molar-refractivity contribution is 5.95. The van der Waals surface area contributed by atoms with Crippen molar-refractivity contribution in [2.24, 2.45) is 4.99 Å². The van der Waals surface area contributed by atoms with Gasteiger partial charge in [0.2, 0.25) is 6.41 Å². The highest BCUT2D eigenvalue weighted by Crippen LogP contribution is 2.26. The Bertz CT molecular complexity index is 431. The fourth-order valence-corrected chi connectivity index (χ4v) is 1.41. The molecule has 0 saturated carbocycles. The third kappa shape index (κ3) is 2.22. The number of amides is 1. The Balaban J connectivity index is 2.11. The van der Waals surface area contributed by atoms with Crippen LogP contribution >= 0.6 is 0 Å². The third-order valence-electron chi connectivity index (χ3n) is 2.15. The number of rotatable bonds is 3. The van der Waals surface area contributed by atoms with Crippen LogP contribution < -0.4 is 16.0 Å². The van der Waals surface area contributed by atoms with Gasteiger partial charge in [0.05, 0.1) is 12.2 Å². The number of nitrogens with zero attached hydrogens (tertiary/aromatic N) is 1. The van der Waals surface area contributed by atoms with Crippen LogP contribution in [0.1, 0.15) is 0 Å². The van der Waals surface area contributed by atoms with Crippen molar-refractivity contribution in [1.82, 2.24) is 5.32 Å². The smallest absolute Gasteiger partial charge is 0.211 e. The Morgan fingerprint density at radius 3 is 3.00 bits per heavy atom. The number of phenolic OH excluding ortho intramolecular Hbond substituents is 1. The van der Waals surface area contributed by atoms with Crippen molar-refractivity contribution in [2.45, 2.75) is 0 Å². The highest BCUT2D eigenvalue weighted by atomic mass is 16.3. The van der Waals surface area contributed by atoms with E-state index in [1.54, 1.807) is 12.1 Å². The molecule has 0 aliphatic carbocycles. The molecule has 0 radical (unpaired) electrons. The molecule has 1 aliphatic rings. The van der Waals surface area contributed by atoms with Gasteiger partial charge in [0.15, 0.2) is 5.96 Å². The molecule has 6 nitrogen and oxygen atoms in total.